The maximum absolute atomic E-state index is 13.2. The summed E-state index contributed by atoms with van der Waals surface area (Å²) in [6, 6.07) is 3.35. The Kier molecular flexibility index (Phi) is 3.98. The van der Waals surface area contributed by atoms with Gasteiger partial charge in [0.25, 0.3) is 6.43 Å². The average molecular weight is 234 g/mol. The maximum atomic E-state index is 13.2. The quantitative estimate of drug-likeness (QED) is 0.359. The van der Waals surface area contributed by atoms with Gasteiger partial charge in [0, 0.05) is 5.56 Å². The van der Waals surface area contributed by atoms with Gasteiger partial charge in [-0.25, -0.2) is 13.2 Å². The lowest BCUT2D eigenvalue weighted by Crippen LogP contribution is -2.14. The Morgan fingerprint density at radius 1 is 1.50 bits per heavy atom. The third kappa shape index (κ3) is 3.04. The summed E-state index contributed by atoms with van der Waals surface area (Å²) < 4.78 is 41.3. The number of nitrogens with zero attached hydrogens (tertiary/aromatic N) is 1. The van der Waals surface area contributed by atoms with Crippen LogP contribution in [-0.2, 0) is 0 Å². The average Bonchev–Trinajstić information content (AvgIpc) is 2.26. The number of halogens is 3. The number of nitrogens with two attached hydrogens (primary N) is 1. The molecule has 1 aromatic carbocycles. The molecular weight excluding hydrogens is 225 g/mol. The van der Waals surface area contributed by atoms with E-state index >= 15 is 0 Å². The third-order valence-electron chi connectivity index (χ3n) is 1.70. The Bertz CT molecular complexity index is 396. The second-order valence-electron chi connectivity index (χ2n) is 2.83. The first-order chi connectivity index (χ1) is 7.54. The molecule has 1 aromatic rings. The predicted octanol–water partition coefficient (Wildman–Crippen LogP) is 1.56. The molecular formula is C9H9F3N2O2. The number of hydrogen-bond acceptors (Lipinski definition) is 3. The number of benzene rings is 1. The van der Waals surface area contributed by atoms with Crippen molar-refractivity contribution in [3.05, 3.63) is 29.6 Å². The zero-order chi connectivity index (χ0) is 12.1. The van der Waals surface area contributed by atoms with Crippen LogP contribution in [0.2, 0.25) is 0 Å². The molecule has 0 unspecified atom stereocenters. The smallest absolute Gasteiger partial charge is 0.272 e. The van der Waals surface area contributed by atoms with E-state index in [1.807, 2.05) is 0 Å². The fourth-order valence-corrected chi connectivity index (χ4v) is 0.988. The molecule has 0 bridgehead atoms. The summed E-state index contributed by atoms with van der Waals surface area (Å²) in [6.07, 6.45) is -2.68. The zero-order valence-corrected chi connectivity index (χ0v) is 8.03. The summed E-state index contributed by atoms with van der Waals surface area (Å²) in [4.78, 5) is 0. The van der Waals surface area contributed by atoms with E-state index in [1.165, 1.54) is 6.07 Å². The van der Waals surface area contributed by atoms with Gasteiger partial charge in [0.15, 0.2) is 17.4 Å². The van der Waals surface area contributed by atoms with E-state index in [4.69, 9.17) is 10.9 Å². The normalized spacial score (nSPS) is 11.9. The molecule has 4 nitrogen and oxygen atoms in total. The van der Waals surface area contributed by atoms with Crippen molar-refractivity contribution in [2.75, 3.05) is 6.61 Å². The highest BCUT2D eigenvalue weighted by molar-refractivity contribution is 5.97. The number of amidine groups is 1. The van der Waals surface area contributed by atoms with Crippen molar-refractivity contribution < 1.29 is 23.1 Å². The van der Waals surface area contributed by atoms with Crippen molar-refractivity contribution in [2.45, 2.75) is 6.43 Å². The first kappa shape index (κ1) is 12.2. The molecule has 0 heterocycles. The lowest BCUT2D eigenvalue weighted by molar-refractivity contribution is 0.0799. The van der Waals surface area contributed by atoms with Gasteiger partial charge in [-0.1, -0.05) is 5.16 Å². The van der Waals surface area contributed by atoms with Crippen molar-refractivity contribution in [1.29, 1.82) is 0 Å². The van der Waals surface area contributed by atoms with Crippen LogP contribution in [0.15, 0.2) is 23.4 Å². The van der Waals surface area contributed by atoms with Crippen LogP contribution in [0.3, 0.4) is 0 Å². The van der Waals surface area contributed by atoms with Crippen molar-refractivity contribution in [1.82, 2.24) is 0 Å². The van der Waals surface area contributed by atoms with Gasteiger partial charge in [0.05, 0.1) is 0 Å². The Hall–Kier alpha value is -1.92. The van der Waals surface area contributed by atoms with Gasteiger partial charge < -0.3 is 15.7 Å². The number of hydrogen-bond donors (Lipinski definition) is 2. The summed E-state index contributed by atoms with van der Waals surface area (Å²) >= 11 is 0. The van der Waals surface area contributed by atoms with Gasteiger partial charge in [-0.15, -0.1) is 0 Å². The second kappa shape index (κ2) is 5.24. The van der Waals surface area contributed by atoms with Gasteiger partial charge >= 0.3 is 0 Å². The molecule has 0 aromatic heterocycles. The molecule has 7 heteroatoms. The standard InChI is InChI=1S/C9H9F3N2O2/c10-6-3-5(9(13)14-15)1-2-7(6)16-4-8(11)12/h1-3,8,15H,4H2,(H2,13,14). The summed E-state index contributed by atoms with van der Waals surface area (Å²) in [7, 11) is 0. The molecule has 0 saturated carbocycles. The van der Waals surface area contributed by atoms with Crippen LogP contribution in [0.5, 0.6) is 5.75 Å². The Morgan fingerprint density at radius 3 is 2.69 bits per heavy atom. The predicted molar refractivity (Wildman–Crippen MR) is 50.4 cm³/mol. The molecule has 16 heavy (non-hydrogen) atoms. The molecule has 0 amide bonds. The first-order valence-electron chi connectivity index (χ1n) is 4.23. The maximum Gasteiger partial charge on any atom is 0.272 e. The SMILES string of the molecule is N/C(=N/O)c1ccc(OCC(F)F)c(F)c1. The number of rotatable bonds is 4. The molecule has 0 aliphatic rings. The first-order valence-corrected chi connectivity index (χ1v) is 4.23. The van der Waals surface area contributed by atoms with Crippen molar-refractivity contribution in [3.63, 3.8) is 0 Å². The number of alkyl halides is 2. The van der Waals surface area contributed by atoms with Crippen LogP contribution in [0.4, 0.5) is 13.2 Å². The summed E-state index contributed by atoms with van der Waals surface area (Å²) in [6.45, 7) is -0.889. The minimum absolute atomic E-state index is 0.129. The molecule has 0 spiro atoms. The van der Waals surface area contributed by atoms with Crippen LogP contribution in [-0.4, -0.2) is 24.1 Å². The Labute approximate surface area is 89.1 Å². The van der Waals surface area contributed by atoms with E-state index in [-0.39, 0.29) is 17.1 Å². The Morgan fingerprint density at radius 2 is 2.19 bits per heavy atom. The molecule has 0 fully saturated rings. The molecule has 0 radical (unpaired) electrons. The number of ether oxygens (including phenoxy) is 1. The summed E-state index contributed by atoms with van der Waals surface area (Å²) in [5.41, 5.74) is 5.34. The van der Waals surface area contributed by atoms with E-state index in [2.05, 4.69) is 9.89 Å². The lowest BCUT2D eigenvalue weighted by atomic mass is 10.2. The lowest BCUT2D eigenvalue weighted by Gasteiger charge is -2.07. The van der Waals surface area contributed by atoms with Crippen LogP contribution in [0, 0.1) is 5.82 Å². The van der Waals surface area contributed by atoms with Gasteiger partial charge in [-0.3, -0.25) is 0 Å². The van der Waals surface area contributed by atoms with E-state index in [9.17, 15) is 13.2 Å². The highest BCUT2D eigenvalue weighted by Crippen LogP contribution is 2.18. The van der Waals surface area contributed by atoms with Crippen LogP contribution >= 0.6 is 0 Å². The van der Waals surface area contributed by atoms with Crippen LogP contribution < -0.4 is 10.5 Å². The van der Waals surface area contributed by atoms with Crippen molar-refractivity contribution >= 4 is 5.84 Å². The largest absolute Gasteiger partial charge is 0.485 e. The van der Waals surface area contributed by atoms with Crippen LogP contribution in [0.25, 0.3) is 0 Å². The van der Waals surface area contributed by atoms with E-state index < -0.39 is 18.8 Å². The fourth-order valence-electron chi connectivity index (χ4n) is 0.988. The van der Waals surface area contributed by atoms with Crippen molar-refractivity contribution in [3.8, 4) is 5.75 Å². The summed E-state index contributed by atoms with van der Waals surface area (Å²) in [5.74, 6) is -1.45. The minimum Gasteiger partial charge on any atom is -0.485 e. The third-order valence-corrected chi connectivity index (χ3v) is 1.70. The monoisotopic (exact) mass is 234 g/mol. The zero-order valence-electron chi connectivity index (χ0n) is 8.03. The van der Waals surface area contributed by atoms with Crippen LogP contribution in [0.1, 0.15) is 5.56 Å². The Balaban J connectivity index is 2.83. The molecule has 0 saturated heterocycles. The highest BCUT2D eigenvalue weighted by Gasteiger charge is 2.10. The fraction of sp³-hybridized carbons (Fsp3) is 0.222. The molecule has 1 rings (SSSR count). The van der Waals surface area contributed by atoms with E-state index in [1.54, 1.807) is 0 Å². The molecule has 3 N–H and O–H groups in total. The molecule has 0 aliphatic heterocycles. The van der Waals surface area contributed by atoms with E-state index in [0.717, 1.165) is 12.1 Å². The van der Waals surface area contributed by atoms with E-state index in [0.29, 0.717) is 0 Å². The van der Waals surface area contributed by atoms with Gasteiger partial charge in [-0.05, 0) is 18.2 Å². The molecule has 0 atom stereocenters. The summed E-state index contributed by atoms with van der Waals surface area (Å²) in [5, 5.41) is 11.0. The van der Waals surface area contributed by atoms with Crippen molar-refractivity contribution in [2.24, 2.45) is 10.9 Å². The van der Waals surface area contributed by atoms with Gasteiger partial charge in [0.2, 0.25) is 0 Å². The second-order valence-corrected chi connectivity index (χ2v) is 2.83. The van der Waals surface area contributed by atoms with Gasteiger partial charge in [0.1, 0.15) is 6.61 Å². The molecule has 88 valence electrons. The minimum atomic E-state index is -2.68. The molecule has 0 aliphatic carbocycles. The number of oxime groups is 1. The highest BCUT2D eigenvalue weighted by atomic mass is 19.3. The topological polar surface area (TPSA) is 67.8 Å². The van der Waals surface area contributed by atoms with Gasteiger partial charge in [-0.2, -0.15) is 0 Å².